The minimum atomic E-state index is -0.898. The third-order valence-electron chi connectivity index (χ3n) is 6.86. The van der Waals surface area contributed by atoms with E-state index in [1.165, 1.54) is 0 Å². The van der Waals surface area contributed by atoms with E-state index in [2.05, 4.69) is 47.0 Å². The summed E-state index contributed by atoms with van der Waals surface area (Å²) in [6.45, 7) is 11.5. The highest BCUT2D eigenvalue weighted by atomic mass is 16.6. The van der Waals surface area contributed by atoms with Crippen molar-refractivity contribution in [1.82, 2.24) is 20.4 Å². The molecule has 0 aliphatic rings. The van der Waals surface area contributed by atoms with Gasteiger partial charge in [0, 0.05) is 12.1 Å². The van der Waals surface area contributed by atoms with Crippen LogP contribution in [0.15, 0.2) is 91.0 Å². The van der Waals surface area contributed by atoms with Crippen LogP contribution >= 0.6 is 0 Å². The first-order valence-electron chi connectivity index (χ1n) is 14.8. The van der Waals surface area contributed by atoms with E-state index in [4.69, 9.17) is 20.3 Å². The molecule has 0 radical (unpaired) electrons. The smallest absolute Gasteiger partial charge is 0.407 e. The van der Waals surface area contributed by atoms with E-state index < -0.39 is 28.8 Å². The van der Waals surface area contributed by atoms with Crippen LogP contribution in [0.2, 0.25) is 0 Å². The Morgan fingerprint density at radius 2 is 1.11 bits per heavy atom. The van der Waals surface area contributed by atoms with Gasteiger partial charge in [-0.15, -0.1) is 0 Å². The number of nitrogens with one attached hydrogen (secondary N) is 2. The molecule has 4 aromatic rings. The van der Waals surface area contributed by atoms with Crippen molar-refractivity contribution in [2.24, 2.45) is 0 Å². The average molecular weight is 598 g/mol. The Bertz CT molecular complexity index is 1440. The molecular formula is C35H43N5O4. The number of hydrogen-bond acceptors (Lipinski definition) is 6. The number of alkyl carbamates (subject to hydrolysis) is 2. The standard InChI is InChI=1S/C35H43N5O4/c1-33(2,3)43-31(41)37-22-23-40-29(28(30(36)39-40)24-38-32(42)44-34(4,5)6)35(25-16-10-7-11-17-25,26-18-12-8-13-19-26)27-20-14-9-15-21-27/h7-21H,22-24H2,1-6H3,(H2,36,39)(H,37,41)(H,38,42). The summed E-state index contributed by atoms with van der Waals surface area (Å²) in [5.41, 5.74) is 8.83. The molecule has 0 saturated heterocycles. The summed E-state index contributed by atoms with van der Waals surface area (Å²) in [6, 6.07) is 30.4. The van der Waals surface area contributed by atoms with Crippen molar-refractivity contribution in [1.29, 1.82) is 0 Å². The van der Waals surface area contributed by atoms with Crippen molar-refractivity contribution < 1.29 is 19.1 Å². The van der Waals surface area contributed by atoms with Gasteiger partial charge in [0.1, 0.15) is 11.2 Å². The third-order valence-corrected chi connectivity index (χ3v) is 6.86. The lowest BCUT2D eigenvalue weighted by atomic mass is 9.66. The van der Waals surface area contributed by atoms with Crippen molar-refractivity contribution >= 4 is 18.0 Å². The molecule has 3 aromatic carbocycles. The van der Waals surface area contributed by atoms with Crippen LogP contribution in [0.4, 0.5) is 15.4 Å². The van der Waals surface area contributed by atoms with Crippen LogP contribution in [-0.2, 0) is 28.0 Å². The number of nitrogens with zero attached hydrogens (tertiary/aromatic N) is 2. The first-order valence-corrected chi connectivity index (χ1v) is 14.8. The van der Waals surface area contributed by atoms with Gasteiger partial charge in [-0.2, -0.15) is 5.10 Å². The first kappa shape index (κ1) is 32.1. The lowest BCUT2D eigenvalue weighted by Gasteiger charge is -2.37. The van der Waals surface area contributed by atoms with Crippen LogP contribution in [0.5, 0.6) is 0 Å². The Morgan fingerprint density at radius 1 is 0.705 bits per heavy atom. The normalized spacial score (nSPS) is 12.0. The summed E-state index contributed by atoms with van der Waals surface area (Å²) in [6.07, 6.45) is -1.08. The molecule has 0 aliphatic heterocycles. The summed E-state index contributed by atoms with van der Waals surface area (Å²) in [5.74, 6) is 0.264. The first-order chi connectivity index (χ1) is 20.8. The Hall–Kier alpha value is -4.79. The van der Waals surface area contributed by atoms with E-state index in [1.54, 1.807) is 0 Å². The van der Waals surface area contributed by atoms with Crippen LogP contribution in [0, 0.1) is 0 Å². The second-order valence-electron chi connectivity index (χ2n) is 12.6. The lowest BCUT2D eigenvalue weighted by molar-refractivity contribution is 0.0512. The van der Waals surface area contributed by atoms with E-state index in [0.29, 0.717) is 12.1 Å². The minimum absolute atomic E-state index is 0.0732. The van der Waals surface area contributed by atoms with Crippen molar-refractivity contribution in [3.63, 3.8) is 0 Å². The number of nitrogen functional groups attached to an aromatic ring is 1. The van der Waals surface area contributed by atoms with Gasteiger partial charge in [0.05, 0.1) is 24.2 Å². The third kappa shape index (κ3) is 7.58. The Morgan fingerprint density at radius 3 is 1.52 bits per heavy atom. The summed E-state index contributed by atoms with van der Waals surface area (Å²) in [5, 5.41) is 10.5. The van der Waals surface area contributed by atoms with Gasteiger partial charge in [0.2, 0.25) is 0 Å². The number of hydrogen-bond donors (Lipinski definition) is 3. The molecule has 9 nitrogen and oxygen atoms in total. The zero-order chi connectivity index (χ0) is 32.0. The highest BCUT2D eigenvalue weighted by molar-refractivity contribution is 5.69. The van der Waals surface area contributed by atoms with Crippen molar-refractivity contribution in [2.45, 2.75) is 71.2 Å². The Kier molecular flexibility index (Phi) is 9.67. The zero-order valence-electron chi connectivity index (χ0n) is 26.4. The van der Waals surface area contributed by atoms with Gasteiger partial charge in [-0.1, -0.05) is 91.0 Å². The number of rotatable bonds is 9. The molecule has 9 heteroatoms. The maximum atomic E-state index is 12.8. The van der Waals surface area contributed by atoms with Gasteiger partial charge in [0.15, 0.2) is 5.82 Å². The molecule has 4 rings (SSSR count). The molecule has 0 fully saturated rings. The van der Waals surface area contributed by atoms with Crippen LogP contribution in [-0.4, -0.2) is 39.7 Å². The van der Waals surface area contributed by atoms with Crippen LogP contribution in [0.1, 0.15) is 69.5 Å². The SMILES string of the molecule is CC(C)(C)OC(=O)NCCn1nc(N)c(CNC(=O)OC(C)(C)C)c1C(c1ccccc1)(c1ccccc1)c1ccccc1. The number of aromatic nitrogens is 2. The van der Waals surface area contributed by atoms with Gasteiger partial charge in [-0.05, 0) is 58.2 Å². The maximum Gasteiger partial charge on any atom is 0.407 e. The minimum Gasteiger partial charge on any atom is -0.444 e. The number of amides is 2. The fourth-order valence-corrected chi connectivity index (χ4v) is 5.30. The Balaban J connectivity index is 1.93. The van der Waals surface area contributed by atoms with Gasteiger partial charge >= 0.3 is 12.2 Å². The average Bonchev–Trinajstić information content (AvgIpc) is 3.27. The van der Waals surface area contributed by atoms with E-state index in [-0.39, 0.29) is 18.9 Å². The van der Waals surface area contributed by atoms with E-state index in [0.717, 1.165) is 22.4 Å². The van der Waals surface area contributed by atoms with Crippen molar-refractivity contribution in [3.05, 3.63) is 119 Å². The molecular weight excluding hydrogens is 554 g/mol. The predicted molar refractivity (Wildman–Crippen MR) is 172 cm³/mol. The fourth-order valence-electron chi connectivity index (χ4n) is 5.30. The molecule has 4 N–H and O–H groups in total. The highest BCUT2D eigenvalue weighted by Gasteiger charge is 2.44. The number of nitrogens with two attached hydrogens (primary N) is 1. The van der Waals surface area contributed by atoms with E-state index >= 15 is 0 Å². The molecule has 232 valence electrons. The number of benzene rings is 3. The number of carbonyl (C=O) groups is 2. The topological polar surface area (TPSA) is 121 Å². The molecule has 44 heavy (non-hydrogen) atoms. The van der Waals surface area contributed by atoms with Crippen molar-refractivity contribution in [3.8, 4) is 0 Å². The molecule has 0 saturated carbocycles. The molecule has 0 bridgehead atoms. The zero-order valence-corrected chi connectivity index (χ0v) is 26.4. The van der Waals surface area contributed by atoms with Gasteiger partial charge in [-0.25, -0.2) is 9.59 Å². The molecule has 0 spiro atoms. The summed E-state index contributed by atoms with van der Waals surface area (Å²) >= 11 is 0. The number of carbonyl (C=O) groups excluding carboxylic acids is 2. The Labute approximate surface area is 259 Å². The molecule has 2 amide bonds. The van der Waals surface area contributed by atoms with Gasteiger partial charge in [-0.3, -0.25) is 4.68 Å². The van der Waals surface area contributed by atoms with E-state index in [1.807, 2.05) is 101 Å². The fraction of sp³-hybridized carbons (Fsp3) is 0.343. The molecule has 0 aliphatic carbocycles. The molecule has 0 unspecified atom stereocenters. The monoisotopic (exact) mass is 597 g/mol. The summed E-state index contributed by atoms with van der Waals surface area (Å²) in [7, 11) is 0. The summed E-state index contributed by atoms with van der Waals surface area (Å²) < 4.78 is 12.8. The molecule has 0 atom stereocenters. The van der Waals surface area contributed by atoms with Crippen molar-refractivity contribution in [2.75, 3.05) is 12.3 Å². The van der Waals surface area contributed by atoms with E-state index in [9.17, 15) is 9.59 Å². The number of ether oxygens (including phenoxy) is 2. The second-order valence-corrected chi connectivity index (χ2v) is 12.6. The lowest BCUT2D eigenvalue weighted by Crippen LogP contribution is -2.38. The second kappa shape index (κ2) is 13.2. The van der Waals surface area contributed by atoms with Gasteiger partial charge < -0.3 is 25.8 Å². The highest BCUT2D eigenvalue weighted by Crippen LogP contribution is 2.47. The van der Waals surface area contributed by atoms with Crippen LogP contribution < -0.4 is 16.4 Å². The largest absolute Gasteiger partial charge is 0.444 e. The predicted octanol–water partition coefficient (Wildman–Crippen LogP) is 6.40. The quantitative estimate of drug-likeness (QED) is 0.192. The maximum absolute atomic E-state index is 12.8. The van der Waals surface area contributed by atoms with Gasteiger partial charge in [0.25, 0.3) is 0 Å². The molecule has 1 aromatic heterocycles. The summed E-state index contributed by atoms with van der Waals surface area (Å²) in [4.78, 5) is 25.3. The molecule has 1 heterocycles. The van der Waals surface area contributed by atoms with Crippen LogP contribution in [0.3, 0.4) is 0 Å². The number of anilines is 1. The van der Waals surface area contributed by atoms with Crippen LogP contribution in [0.25, 0.3) is 0 Å².